The second-order valence-corrected chi connectivity index (χ2v) is 14.2. The molecule has 1 spiro atoms. The summed E-state index contributed by atoms with van der Waals surface area (Å²) in [6, 6.07) is -0.725. The highest BCUT2D eigenvalue weighted by Gasteiger charge is 2.74. The molecule has 1 N–H and O–H groups in total. The summed E-state index contributed by atoms with van der Waals surface area (Å²) in [5.41, 5.74) is -0.487. The molecule has 0 aromatic rings. The van der Waals surface area contributed by atoms with Gasteiger partial charge in [0.05, 0.1) is 29.8 Å². The third-order valence-corrected chi connectivity index (χ3v) is 9.92. The van der Waals surface area contributed by atoms with Gasteiger partial charge in [-0.3, -0.25) is 14.4 Å². The number of aliphatic hydroxyl groups is 1. The number of amides is 2. The molecule has 0 saturated carbocycles. The predicted octanol–water partition coefficient (Wildman–Crippen LogP) is 4.20. The Labute approximate surface area is 227 Å². The molecule has 3 saturated heterocycles. The first-order chi connectivity index (χ1) is 17.3. The Bertz CT molecular complexity index is 897. The Hall–Kier alpha value is -1.80. The number of β-amino-alcohol motifs (C(OH)–C–C–N with tert-alkyl or cyclic N) is 1. The quantitative estimate of drug-likeness (QED) is 0.217. The maximum Gasteiger partial charge on any atom is 0.310 e. The summed E-state index contributed by atoms with van der Waals surface area (Å²) in [6.45, 7) is 18.7. The van der Waals surface area contributed by atoms with Crippen molar-refractivity contribution >= 4 is 29.5 Å². The van der Waals surface area contributed by atoms with Crippen molar-refractivity contribution in [1.29, 1.82) is 0 Å². The summed E-state index contributed by atoms with van der Waals surface area (Å²) in [4.78, 5) is 45.0. The molecule has 5 atom stereocenters. The fourth-order valence-electron chi connectivity index (χ4n) is 7.01. The summed E-state index contributed by atoms with van der Waals surface area (Å²) < 4.78 is 4.97. The number of nitrogens with zero attached hydrogens (tertiary/aromatic N) is 2. The van der Waals surface area contributed by atoms with Crippen LogP contribution >= 0.6 is 11.8 Å². The number of fused-ring (bicyclic) bond motifs is 1. The lowest BCUT2D eigenvalue weighted by molar-refractivity contribution is -0.154. The zero-order valence-electron chi connectivity index (χ0n) is 23.3. The second kappa shape index (κ2) is 11.5. The molecule has 3 rings (SSSR count). The Morgan fingerprint density at radius 3 is 2.51 bits per heavy atom. The van der Waals surface area contributed by atoms with Crippen LogP contribution in [0.15, 0.2) is 25.3 Å². The van der Waals surface area contributed by atoms with E-state index in [1.807, 2.05) is 11.0 Å². The van der Waals surface area contributed by atoms with Crippen LogP contribution in [0.1, 0.15) is 73.1 Å². The number of aliphatic hydroxyl groups excluding tert-OH is 1. The molecule has 8 heteroatoms. The summed E-state index contributed by atoms with van der Waals surface area (Å²) in [7, 11) is 0. The van der Waals surface area contributed by atoms with Crippen LogP contribution in [0.5, 0.6) is 0 Å². The Morgan fingerprint density at radius 2 is 1.92 bits per heavy atom. The van der Waals surface area contributed by atoms with Crippen molar-refractivity contribution in [1.82, 2.24) is 9.80 Å². The largest absolute Gasteiger partial charge is 0.465 e. The van der Waals surface area contributed by atoms with Gasteiger partial charge in [0.2, 0.25) is 11.8 Å². The van der Waals surface area contributed by atoms with E-state index >= 15 is 0 Å². The average Bonchev–Trinajstić information content (AvgIpc) is 3.43. The molecule has 0 radical (unpaired) electrons. The van der Waals surface area contributed by atoms with Gasteiger partial charge >= 0.3 is 5.97 Å². The highest BCUT2D eigenvalue weighted by atomic mass is 32.2. The molecule has 2 amide bonds. The minimum absolute atomic E-state index is 0.0125. The van der Waals surface area contributed by atoms with Crippen molar-refractivity contribution in [2.75, 3.05) is 26.3 Å². The number of rotatable bonds is 13. The van der Waals surface area contributed by atoms with Crippen molar-refractivity contribution in [3.05, 3.63) is 25.3 Å². The normalized spacial score (nSPS) is 28.8. The zero-order valence-corrected chi connectivity index (χ0v) is 24.1. The van der Waals surface area contributed by atoms with Crippen LogP contribution in [0.2, 0.25) is 0 Å². The molecule has 37 heavy (non-hydrogen) atoms. The van der Waals surface area contributed by atoms with E-state index in [1.165, 1.54) is 0 Å². The first kappa shape index (κ1) is 29.8. The van der Waals surface area contributed by atoms with Gasteiger partial charge in [-0.05, 0) is 57.8 Å². The van der Waals surface area contributed by atoms with Gasteiger partial charge in [-0.15, -0.1) is 24.9 Å². The van der Waals surface area contributed by atoms with E-state index in [4.69, 9.17) is 4.74 Å². The molecule has 208 valence electrons. The fourth-order valence-corrected chi connectivity index (χ4v) is 9.21. The van der Waals surface area contributed by atoms with Gasteiger partial charge < -0.3 is 19.6 Å². The predicted molar refractivity (Wildman–Crippen MR) is 148 cm³/mol. The van der Waals surface area contributed by atoms with Gasteiger partial charge in [0.15, 0.2) is 0 Å². The van der Waals surface area contributed by atoms with Crippen LogP contribution in [0.4, 0.5) is 0 Å². The van der Waals surface area contributed by atoms with Crippen LogP contribution in [0.25, 0.3) is 0 Å². The van der Waals surface area contributed by atoms with E-state index in [-0.39, 0.29) is 41.6 Å². The lowest BCUT2D eigenvalue weighted by Gasteiger charge is -2.46. The molecule has 3 fully saturated rings. The molecule has 2 unspecified atom stereocenters. The van der Waals surface area contributed by atoms with Crippen LogP contribution < -0.4 is 0 Å². The number of carbonyl (C=O) groups is 3. The van der Waals surface area contributed by atoms with E-state index in [9.17, 15) is 19.5 Å². The first-order valence-corrected chi connectivity index (χ1v) is 14.5. The van der Waals surface area contributed by atoms with Crippen molar-refractivity contribution < 1.29 is 24.2 Å². The number of ether oxygens (including phenoxy) is 1. The maximum atomic E-state index is 14.4. The van der Waals surface area contributed by atoms with Crippen LogP contribution in [0.3, 0.4) is 0 Å². The second-order valence-electron chi connectivity index (χ2n) is 12.6. The summed E-state index contributed by atoms with van der Waals surface area (Å²) >= 11 is 1.63. The van der Waals surface area contributed by atoms with Crippen molar-refractivity contribution in [2.45, 2.75) is 94.7 Å². The zero-order chi connectivity index (χ0) is 27.6. The smallest absolute Gasteiger partial charge is 0.310 e. The highest BCUT2D eigenvalue weighted by molar-refractivity contribution is 8.02. The Morgan fingerprint density at radius 1 is 1.22 bits per heavy atom. The third kappa shape index (κ3) is 5.80. The number of hydrogen-bond acceptors (Lipinski definition) is 6. The average molecular weight is 535 g/mol. The number of thioether (sulfide) groups is 1. The van der Waals surface area contributed by atoms with Crippen molar-refractivity contribution in [3.63, 3.8) is 0 Å². The van der Waals surface area contributed by atoms with E-state index in [2.05, 4.69) is 47.8 Å². The lowest BCUT2D eigenvalue weighted by atomic mass is 9.71. The van der Waals surface area contributed by atoms with Gasteiger partial charge in [-0.2, -0.15) is 0 Å². The van der Waals surface area contributed by atoms with E-state index in [1.54, 1.807) is 22.7 Å². The molecule has 0 aromatic heterocycles. The summed E-state index contributed by atoms with van der Waals surface area (Å²) in [5.74, 6) is -1.81. The molecule has 7 nitrogen and oxygen atoms in total. The van der Waals surface area contributed by atoms with Gasteiger partial charge in [0.1, 0.15) is 6.04 Å². The first-order valence-electron chi connectivity index (χ1n) is 13.6. The SMILES string of the molecule is C=CCCCCOC(=O)[C@@H]1[C@H]2C(=O)N(CCO)C(C(=O)N(CC=C)C(C)(C)CC(C)(C)C)C23CC[C@H]1S3. The molecule has 0 aliphatic carbocycles. The van der Waals surface area contributed by atoms with Crippen LogP contribution in [-0.2, 0) is 19.1 Å². The number of likely N-dealkylation sites (tertiary alicyclic amines) is 1. The number of carbonyl (C=O) groups excluding carboxylic acids is 3. The van der Waals surface area contributed by atoms with Gasteiger partial charge in [0.25, 0.3) is 0 Å². The number of hydrogen-bond donors (Lipinski definition) is 1. The van der Waals surface area contributed by atoms with Gasteiger partial charge in [-0.1, -0.05) is 32.9 Å². The number of unbranched alkanes of at least 4 members (excludes halogenated alkanes) is 2. The molecule has 3 aliphatic heterocycles. The molecular weight excluding hydrogens is 488 g/mol. The highest BCUT2D eigenvalue weighted by Crippen LogP contribution is 2.66. The fraction of sp³-hybridized carbons (Fsp3) is 0.759. The van der Waals surface area contributed by atoms with E-state index in [0.717, 1.165) is 32.1 Å². The molecule has 3 heterocycles. The number of esters is 1. The monoisotopic (exact) mass is 534 g/mol. The summed E-state index contributed by atoms with van der Waals surface area (Å²) in [6.07, 6.45) is 8.34. The van der Waals surface area contributed by atoms with Crippen LogP contribution in [-0.4, -0.2) is 80.6 Å². The topological polar surface area (TPSA) is 87.1 Å². The van der Waals surface area contributed by atoms with Gasteiger partial charge in [-0.25, -0.2) is 0 Å². The van der Waals surface area contributed by atoms with Gasteiger partial charge in [0, 0.05) is 23.9 Å². The van der Waals surface area contributed by atoms with Crippen molar-refractivity contribution in [3.8, 4) is 0 Å². The molecular formula is C29H46N2O5S. The Balaban J connectivity index is 1.92. The van der Waals surface area contributed by atoms with Crippen LogP contribution in [0, 0.1) is 17.3 Å². The number of allylic oxidation sites excluding steroid dienone is 1. The molecule has 2 bridgehead atoms. The van der Waals surface area contributed by atoms with E-state index < -0.39 is 28.2 Å². The third-order valence-electron chi connectivity index (χ3n) is 7.97. The van der Waals surface area contributed by atoms with Crippen molar-refractivity contribution in [2.24, 2.45) is 17.3 Å². The Kier molecular flexibility index (Phi) is 9.26. The minimum Gasteiger partial charge on any atom is -0.465 e. The maximum absolute atomic E-state index is 14.4. The molecule has 0 aromatic carbocycles. The minimum atomic E-state index is -0.725. The standard InChI is InChI=1S/C29H46N2O5S/c1-8-10-11-12-18-36-26(35)21-20-13-14-29(37-20)22(21)24(33)30(16-17-32)23(29)25(34)31(15-9-2)28(6,7)19-27(3,4)5/h8-9,20-23,32H,1-2,10-19H2,3-7H3/t20-,21+,22+,23?,29?/m1/s1. The van der Waals surface area contributed by atoms with E-state index in [0.29, 0.717) is 19.6 Å². The lowest BCUT2D eigenvalue weighted by Crippen LogP contribution is -2.60. The molecule has 3 aliphatic rings. The summed E-state index contributed by atoms with van der Waals surface area (Å²) in [5, 5.41) is 9.82.